The monoisotopic (exact) mass is 272 g/mol. The number of piperidine rings is 1. The van der Waals surface area contributed by atoms with Crippen LogP contribution in [0.1, 0.15) is 31.9 Å². The molecule has 0 amide bonds. The van der Waals surface area contributed by atoms with Gasteiger partial charge in [0.05, 0.1) is 6.26 Å². The molecule has 5 nitrogen and oxygen atoms in total. The van der Waals surface area contributed by atoms with Crippen LogP contribution >= 0.6 is 0 Å². The van der Waals surface area contributed by atoms with E-state index < -0.39 is 10.2 Å². The second kappa shape index (κ2) is 5.86. The minimum absolute atomic E-state index is 0.164. The first-order chi connectivity index (χ1) is 8.58. The molecule has 2 rings (SSSR count). The molecule has 0 bridgehead atoms. The third kappa shape index (κ3) is 3.57. The first kappa shape index (κ1) is 13.6. The maximum absolute atomic E-state index is 12.1. The molecule has 0 unspecified atom stereocenters. The van der Waals surface area contributed by atoms with Crippen LogP contribution in [-0.4, -0.2) is 31.9 Å². The van der Waals surface area contributed by atoms with Crippen LogP contribution in [0.5, 0.6) is 0 Å². The summed E-state index contributed by atoms with van der Waals surface area (Å²) in [5.74, 6) is 0.795. The summed E-state index contributed by atoms with van der Waals surface area (Å²) in [5, 5.41) is 0. The minimum atomic E-state index is -3.34. The van der Waals surface area contributed by atoms with Crippen LogP contribution in [0, 0.1) is 0 Å². The van der Waals surface area contributed by atoms with Gasteiger partial charge in [-0.2, -0.15) is 17.4 Å². The highest BCUT2D eigenvalue weighted by Gasteiger charge is 2.25. The van der Waals surface area contributed by atoms with Crippen LogP contribution in [-0.2, 0) is 16.6 Å². The molecule has 1 aliphatic heterocycles. The van der Waals surface area contributed by atoms with Gasteiger partial charge in [-0.05, 0) is 31.9 Å². The normalized spacial score (nSPS) is 19.8. The molecular formula is C12H20N2O3S. The number of nitrogens with one attached hydrogen (secondary N) is 1. The van der Waals surface area contributed by atoms with E-state index in [1.807, 2.05) is 13.0 Å². The Morgan fingerprint density at radius 1 is 1.39 bits per heavy atom. The number of hydrogen-bond donors (Lipinski definition) is 1. The molecule has 1 aromatic rings. The maximum atomic E-state index is 12.1. The number of furan rings is 1. The fourth-order valence-electron chi connectivity index (χ4n) is 2.21. The van der Waals surface area contributed by atoms with E-state index in [4.69, 9.17) is 4.42 Å². The van der Waals surface area contributed by atoms with Crippen molar-refractivity contribution in [1.82, 2.24) is 9.03 Å². The lowest BCUT2D eigenvalue weighted by atomic mass is 10.2. The molecule has 1 atom stereocenters. The van der Waals surface area contributed by atoms with Gasteiger partial charge < -0.3 is 4.42 Å². The molecule has 102 valence electrons. The molecule has 0 aliphatic carbocycles. The third-order valence-electron chi connectivity index (χ3n) is 3.09. The number of rotatable bonds is 5. The van der Waals surface area contributed by atoms with Crippen LogP contribution in [0.4, 0.5) is 0 Å². The molecule has 1 fully saturated rings. The molecule has 0 spiro atoms. The summed E-state index contributed by atoms with van der Waals surface area (Å²) in [6, 6.07) is 3.50. The lowest BCUT2D eigenvalue weighted by Crippen LogP contribution is -2.46. The third-order valence-corrected chi connectivity index (χ3v) is 4.84. The highest BCUT2D eigenvalue weighted by Crippen LogP contribution is 2.13. The van der Waals surface area contributed by atoms with E-state index in [2.05, 4.69) is 4.72 Å². The Morgan fingerprint density at radius 2 is 2.11 bits per heavy atom. The summed E-state index contributed by atoms with van der Waals surface area (Å²) in [5.41, 5.74) is 0. The van der Waals surface area contributed by atoms with Crippen LogP contribution in [0.2, 0.25) is 0 Å². The van der Waals surface area contributed by atoms with Gasteiger partial charge in [-0.15, -0.1) is 0 Å². The molecule has 0 radical (unpaired) electrons. The van der Waals surface area contributed by atoms with Crippen molar-refractivity contribution in [3.63, 3.8) is 0 Å². The average Bonchev–Trinajstić information content (AvgIpc) is 2.82. The zero-order valence-corrected chi connectivity index (χ0v) is 11.4. The molecule has 6 heteroatoms. The lowest BCUT2D eigenvalue weighted by molar-refractivity contribution is 0.338. The second-order valence-electron chi connectivity index (χ2n) is 4.77. The highest BCUT2D eigenvalue weighted by atomic mass is 32.2. The Bertz CT molecular complexity index is 450. The Hall–Kier alpha value is -0.850. The fraction of sp³-hybridized carbons (Fsp3) is 0.667. The lowest BCUT2D eigenvalue weighted by Gasteiger charge is -2.27. The summed E-state index contributed by atoms with van der Waals surface area (Å²) in [6.07, 6.45) is 5.19. The molecule has 1 saturated heterocycles. The quantitative estimate of drug-likeness (QED) is 0.884. The molecule has 1 N–H and O–H groups in total. The molecular weight excluding hydrogens is 252 g/mol. The Morgan fingerprint density at radius 3 is 2.72 bits per heavy atom. The van der Waals surface area contributed by atoms with Gasteiger partial charge in [-0.25, -0.2) is 0 Å². The van der Waals surface area contributed by atoms with Crippen molar-refractivity contribution in [2.24, 2.45) is 0 Å². The van der Waals surface area contributed by atoms with Crippen molar-refractivity contribution in [2.75, 3.05) is 13.1 Å². The molecule has 18 heavy (non-hydrogen) atoms. The summed E-state index contributed by atoms with van der Waals surface area (Å²) < 4.78 is 33.7. The van der Waals surface area contributed by atoms with Crippen LogP contribution < -0.4 is 4.72 Å². The first-order valence-corrected chi connectivity index (χ1v) is 7.82. The molecule has 1 aromatic heterocycles. The van der Waals surface area contributed by atoms with Crippen molar-refractivity contribution >= 4 is 10.2 Å². The van der Waals surface area contributed by atoms with Crippen LogP contribution in [0.3, 0.4) is 0 Å². The van der Waals surface area contributed by atoms with Gasteiger partial charge in [0.25, 0.3) is 10.2 Å². The summed E-state index contributed by atoms with van der Waals surface area (Å²) >= 11 is 0. The van der Waals surface area contributed by atoms with E-state index >= 15 is 0 Å². The van der Waals surface area contributed by atoms with E-state index in [0.29, 0.717) is 19.5 Å². The van der Waals surface area contributed by atoms with E-state index in [1.54, 1.807) is 12.3 Å². The summed E-state index contributed by atoms with van der Waals surface area (Å²) in [4.78, 5) is 0. The van der Waals surface area contributed by atoms with Gasteiger partial charge in [-0.1, -0.05) is 6.42 Å². The zero-order valence-electron chi connectivity index (χ0n) is 10.6. The van der Waals surface area contributed by atoms with Crippen molar-refractivity contribution in [1.29, 1.82) is 0 Å². The Kier molecular flexibility index (Phi) is 4.42. The highest BCUT2D eigenvalue weighted by molar-refractivity contribution is 7.87. The number of nitrogens with zero attached hydrogens (tertiary/aromatic N) is 1. The van der Waals surface area contributed by atoms with Gasteiger partial charge >= 0.3 is 0 Å². The Labute approximate surface area is 108 Å². The summed E-state index contributed by atoms with van der Waals surface area (Å²) in [7, 11) is -3.34. The average molecular weight is 272 g/mol. The largest absolute Gasteiger partial charge is 0.469 e. The Balaban J connectivity index is 1.90. The van der Waals surface area contributed by atoms with Crippen LogP contribution in [0.25, 0.3) is 0 Å². The predicted octanol–water partition coefficient (Wildman–Crippen LogP) is 1.53. The molecule has 2 heterocycles. The number of hydrogen-bond acceptors (Lipinski definition) is 3. The maximum Gasteiger partial charge on any atom is 0.279 e. The van der Waals surface area contributed by atoms with Crippen molar-refractivity contribution in [3.8, 4) is 0 Å². The fourth-order valence-corrected chi connectivity index (χ4v) is 3.69. The van der Waals surface area contributed by atoms with Gasteiger partial charge in [0.15, 0.2) is 0 Å². The second-order valence-corrected chi connectivity index (χ2v) is 6.47. The van der Waals surface area contributed by atoms with Gasteiger partial charge in [0, 0.05) is 25.6 Å². The molecule has 1 aliphatic rings. The van der Waals surface area contributed by atoms with Crippen molar-refractivity contribution in [3.05, 3.63) is 24.2 Å². The van der Waals surface area contributed by atoms with E-state index in [9.17, 15) is 8.42 Å². The van der Waals surface area contributed by atoms with Crippen molar-refractivity contribution < 1.29 is 12.8 Å². The van der Waals surface area contributed by atoms with E-state index in [1.165, 1.54) is 4.31 Å². The molecule has 0 aromatic carbocycles. The summed E-state index contributed by atoms with van der Waals surface area (Å²) in [6.45, 7) is 3.11. The van der Waals surface area contributed by atoms with E-state index in [0.717, 1.165) is 25.0 Å². The predicted molar refractivity (Wildman–Crippen MR) is 69.4 cm³/mol. The van der Waals surface area contributed by atoms with Gasteiger partial charge in [0.2, 0.25) is 0 Å². The zero-order chi connectivity index (χ0) is 13.0. The van der Waals surface area contributed by atoms with Crippen molar-refractivity contribution in [2.45, 2.75) is 38.6 Å². The molecule has 0 saturated carbocycles. The van der Waals surface area contributed by atoms with Gasteiger partial charge in [-0.3, -0.25) is 0 Å². The van der Waals surface area contributed by atoms with Gasteiger partial charge in [0.1, 0.15) is 5.76 Å². The SMILES string of the molecule is C[C@H](Cc1ccco1)NS(=O)(=O)N1CCCCC1. The minimum Gasteiger partial charge on any atom is -0.469 e. The standard InChI is InChI=1S/C12H20N2O3S/c1-11(10-12-6-5-9-17-12)13-18(15,16)14-7-3-2-4-8-14/h5-6,9,11,13H,2-4,7-8,10H2,1H3/t11-/m1/s1. The smallest absolute Gasteiger partial charge is 0.279 e. The van der Waals surface area contributed by atoms with Crippen LogP contribution in [0.15, 0.2) is 22.8 Å². The van der Waals surface area contributed by atoms with E-state index in [-0.39, 0.29) is 6.04 Å². The topological polar surface area (TPSA) is 62.6 Å². The first-order valence-electron chi connectivity index (χ1n) is 6.38.